The molecule has 4 rings (SSSR count). The second kappa shape index (κ2) is 6.61. The van der Waals surface area contributed by atoms with Crippen molar-refractivity contribution in [2.75, 3.05) is 13.1 Å². The average molecular weight is 323 g/mol. The number of rotatable bonds is 3. The first-order valence-corrected chi connectivity index (χ1v) is 8.90. The number of aryl methyl sites for hydroxylation is 2. The van der Waals surface area contributed by atoms with Crippen molar-refractivity contribution in [1.82, 2.24) is 14.9 Å². The lowest BCUT2D eigenvalue weighted by Crippen LogP contribution is -2.41. The van der Waals surface area contributed by atoms with Crippen LogP contribution in [0.4, 0.5) is 0 Å². The number of ether oxygens (including phenoxy) is 1. The Morgan fingerprint density at radius 2 is 2.00 bits per heavy atom. The molecule has 4 nitrogen and oxygen atoms in total. The summed E-state index contributed by atoms with van der Waals surface area (Å²) in [6.45, 7) is 7.28. The SMILES string of the molecule is Cc1ccc(CN2CC[C@@H]3C[C@@H](c4ccnc(C)n4)O[C@H]3C2)cc1. The molecule has 0 radical (unpaired) electrons. The fourth-order valence-corrected chi connectivity index (χ4v) is 3.93. The van der Waals surface area contributed by atoms with Gasteiger partial charge in [0.25, 0.3) is 0 Å². The number of aromatic nitrogens is 2. The first kappa shape index (κ1) is 15.7. The van der Waals surface area contributed by atoms with Crippen LogP contribution in [0.3, 0.4) is 0 Å². The van der Waals surface area contributed by atoms with E-state index in [1.54, 1.807) is 0 Å². The fourth-order valence-electron chi connectivity index (χ4n) is 3.93. The Balaban J connectivity index is 1.39. The lowest BCUT2D eigenvalue weighted by atomic mass is 9.91. The Bertz CT molecular complexity index is 700. The minimum atomic E-state index is 0.140. The van der Waals surface area contributed by atoms with Gasteiger partial charge in [-0.15, -0.1) is 0 Å². The topological polar surface area (TPSA) is 38.2 Å². The van der Waals surface area contributed by atoms with Crippen molar-refractivity contribution in [3.8, 4) is 0 Å². The van der Waals surface area contributed by atoms with Crippen molar-refractivity contribution < 1.29 is 4.74 Å². The van der Waals surface area contributed by atoms with Gasteiger partial charge in [-0.05, 0) is 50.8 Å². The molecule has 2 aliphatic heterocycles. The Hall–Kier alpha value is -1.78. The van der Waals surface area contributed by atoms with Crippen LogP contribution in [0.25, 0.3) is 0 Å². The van der Waals surface area contributed by atoms with Crippen molar-refractivity contribution in [2.45, 2.75) is 45.4 Å². The maximum Gasteiger partial charge on any atom is 0.125 e. The van der Waals surface area contributed by atoms with E-state index in [-0.39, 0.29) is 6.10 Å². The molecule has 2 aromatic rings. The van der Waals surface area contributed by atoms with E-state index in [1.807, 2.05) is 19.2 Å². The average Bonchev–Trinajstić information content (AvgIpc) is 3.00. The molecular weight excluding hydrogens is 298 g/mol. The Labute approximate surface area is 143 Å². The number of fused-ring (bicyclic) bond motifs is 1. The van der Waals surface area contributed by atoms with Crippen molar-refractivity contribution in [1.29, 1.82) is 0 Å². The first-order chi connectivity index (χ1) is 11.7. The molecule has 0 amide bonds. The van der Waals surface area contributed by atoms with E-state index in [2.05, 4.69) is 46.1 Å². The Morgan fingerprint density at radius 3 is 2.79 bits per heavy atom. The lowest BCUT2D eigenvalue weighted by molar-refractivity contribution is -0.0107. The maximum atomic E-state index is 6.36. The van der Waals surface area contributed by atoms with Crippen molar-refractivity contribution in [3.63, 3.8) is 0 Å². The van der Waals surface area contributed by atoms with E-state index in [0.717, 1.165) is 37.6 Å². The zero-order valence-electron chi connectivity index (χ0n) is 14.5. The fraction of sp³-hybridized carbons (Fsp3) is 0.500. The molecule has 2 fully saturated rings. The van der Waals surface area contributed by atoms with Gasteiger partial charge in [0.1, 0.15) is 11.9 Å². The molecule has 0 saturated carbocycles. The van der Waals surface area contributed by atoms with Gasteiger partial charge in [-0.3, -0.25) is 4.90 Å². The highest BCUT2D eigenvalue weighted by Gasteiger charge is 2.40. The molecule has 126 valence electrons. The second-order valence-electron chi connectivity index (χ2n) is 7.20. The summed E-state index contributed by atoms with van der Waals surface area (Å²) in [5.41, 5.74) is 3.75. The largest absolute Gasteiger partial charge is 0.367 e. The maximum absolute atomic E-state index is 6.36. The van der Waals surface area contributed by atoms with E-state index in [0.29, 0.717) is 12.0 Å². The van der Waals surface area contributed by atoms with Crippen molar-refractivity contribution in [3.05, 3.63) is 59.2 Å². The zero-order chi connectivity index (χ0) is 16.5. The molecule has 2 aliphatic rings. The second-order valence-corrected chi connectivity index (χ2v) is 7.20. The lowest BCUT2D eigenvalue weighted by Gasteiger charge is -2.34. The summed E-state index contributed by atoms with van der Waals surface area (Å²) in [5.74, 6) is 1.49. The van der Waals surface area contributed by atoms with Gasteiger partial charge in [-0.2, -0.15) is 0 Å². The molecule has 24 heavy (non-hydrogen) atoms. The van der Waals surface area contributed by atoms with Gasteiger partial charge in [0.15, 0.2) is 0 Å². The molecule has 2 saturated heterocycles. The van der Waals surface area contributed by atoms with E-state index in [4.69, 9.17) is 4.74 Å². The van der Waals surface area contributed by atoms with Crippen LogP contribution in [0.15, 0.2) is 36.5 Å². The third-order valence-electron chi connectivity index (χ3n) is 5.29. The highest BCUT2D eigenvalue weighted by molar-refractivity contribution is 5.21. The minimum Gasteiger partial charge on any atom is -0.367 e. The molecule has 1 aromatic carbocycles. The molecular formula is C20H25N3O. The summed E-state index contributed by atoms with van der Waals surface area (Å²) < 4.78 is 6.36. The third-order valence-corrected chi connectivity index (χ3v) is 5.29. The van der Waals surface area contributed by atoms with E-state index >= 15 is 0 Å². The van der Waals surface area contributed by atoms with Gasteiger partial charge >= 0.3 is 0 Å². The van der Waals surface area contributed by atoms with Gasteiger partial charge in [-0.25, -0.2) is 9.97 Å². The van der Waals surface area contributed by atoms with Crippen LogP contribution < -0.4 is 0 Å². The molecule has 0 bridgehead atoms. The molecule has 0 spiro atoms. The number of hydrogen-bond acceptors (Lipinski definition) is 4. The molecule has 3 atom stereocenters. The number of hydrogen-bond donors (Lipinski definition) is 0. The van der Waals surface area contributed by atoms with Crippen LogP contribution in [0.2, 0.25) is 0 Å². The summed E-state index contributed by atoms with van der Waals surface area (Å²) in [6.07, 6.45) is 4.63. The van der Waals surface area contributed by atoms with Crippen LogP contribution >= 0.6 is 0 Å². The number of nitrogens with zero attached hydrogens (tertiary/aromatic N) is 3. The van der Waals surface area contributed by atoms with Gasteiger partial charge in [0.2, 0.25) is 0 Å². The van der Waals surface area contributed by atoms with Gasteiger partial charge in [0.05, 0.1) is 11.8 Å². The molecule has 4 heteroatoms. The van der Waals surface area contributed by atoms with Crippen molar-refractivity contribution in [2.24, 2.45) is 5.92 Å². The monoisotopic (exact) mass is 323 g/mol. The van der Waals surface area contributed by atoms with Crippen molar-refractivity contribution >= 4 is 0 Å². The molecule has 1 aromatic heterocycles. The number of likely N-dealkylation sites (tertiary alicyclic amines) is 1. The van der Waals surface area contributed by atoms with E-state index in [1.165, 1.54) is 17.5 Å². The molecule has 0 aliphatic carbocycles. The first-order valence-electron chi connectivity index (χ1n) is 8.90. The van der Waals surface area contributed by atoms with Gasteiger partial charge in [-0.1, -0.05) is 29.8 Å². The van der Waals surface area contributed by atoms with E-state index < -0.39 is 0 Å². The smallest absolute Gasteiger partial charge is 0.125 e. The predicted octanol–water partition coefficient (Wildman–Crippen LogP) is 3.45. The van der Waals surface area contributed by atoms with Gasteiger partial charge < -0.3 is 4.74 Å². The predicted molar refractivity (Wildman–Crippen MR) is 93.6 cm³/mol. The summed E-state index contributed by atoms with van der Waals surface area (Å²) in [6, 6.07) is 10.9. The van der Waals surface area contributed by atoms with Gasteiger partial charge in [0, 0.05) is 19.3 Å². The summed E-state index contributed by atoms with van der Waals surface area (Å²) in [4.78, 5) is 11.3. The van der Waals surface area contributed by atoms with Crippen LogP contribution in [0.5, 0.6) is 0 Å². The highest BCUT2D eigenvalue weighted by atomic mass is 16.5. The number of piperidine rings is 1. The number of benzene rings is 1. The van der Waals surface area contributed by atoms with Crippen LogP contribution in [0, 0.1) is 19.8 Å². The summed E-state index contributed by atoms with van der Waals surface area (Å²) in [5, 5.41) is 0. The molecule has 0 N–H and O–H groups in total. The Kier molecular flexibility index (Phi) is 4.33. The van der Waals surface area contributed by atoms with Crippen LogP contribution in [0.1, 0.15) is 41.6 Å². The molecule has 3 heterocycles. The quantitative estimate of drug-likeness (QED) is 0.867. The molecule has 0 unspecified atom stereocenters. The standard InChI is InChI=1S/C20H25N3O/c1-14-3-5-16(6-4-14)12-23-10-8-17-11-19(24-20(17)13-23)18-7-9-21-15(2)22-18/h3-7,9,17,19-20H,8,10-13H2,1-2H3/t17-,19+,20+/m1/s1. The Morgan fingerprint density at radius 1 is 1.17 bits per heavy atom. The normalized spacial score (nSPS) is 27.2. The van der Waals surface area contributed by atoms with Crippen LogP contribution in [-0.2, 0) is 11.3 Å². The minimum absolute atomic E-state index is 0.140. The summed E-state index contributed by atoms with van der Waals surface area (Å²) in [7, 11) is 0. The third kappa shape index (κ3) is 3.35. The zero-order valence-corrected chi connectivity index (χ0v) is 14.5. The van der Waals surface area contributed by atoms with Crippen LogP contribution in [-0.4, -0.2) is 34.1 Å². The summed E-state index contributed by atoms with van der Waals surface area (Å²) >= 11 is 0. The highest BCUT2D eigenvalue weighted by Crippen LogP contribution is 2.40. The van der Waals surface area contributed by atoms with E-state index in [9.17, 15) is 0 Å².